The number of urea groups is 1. The lowest BCUT2D eigenvalue weighted by molar-refractivity contribution is 0.240. The molecule has 138 valence electrons. The first-order valence-corrected chi connectivity index (χ1v) is 9.82. The molecule has 0 saturated carbocycles. The van der Waals surface area contributed by atoms with Crippen molar-refractivity contribution in [1.82, 2.24) is 20.2 Å². The van der Waals surface area contributed by atoms with Crippen molar-refractivity contribution in [3.8, 4) is 0 Å². The average Bonchev–Trinajstić information content (AvgIpc) is 3.24. The zero-order valence-corrected chi connectivity index (χ0v) is 16.4. The van der Waals surface area contributed by atoms with Gasteiger partial charge >= 0.3 is 6.03 Å². The van der Waals surface area contributed by atoms with Crippen LogP contribution in [0.25, 0.3) is 10.9 Å². The van der Waals surface area contributed by atoms with Crippen molar-refractivity contribution in [2.75, 3.05) is 6.54 Å². The molecular formula is C20H26N4OS. The van der Waals surface area contributed by atoms with Crippen LogP contribution in [-0.4, -0.2) is 22.1 Å². The van der Waals surface area contributed by atoms with Crippen LogP contribution in [-0.2, 0) is 18.5 Å². The maximum atomic E-state index is 11.9. The summed E-state index contributed by atoms with van der Waals surface area (Å²) in [6, 6.07) is 10.3. The third kappa shape index (κ3) is 4.64. The number of benzene rings is 1. The number of para-hydroxylation sites is 1. The number of hydrogen-bond donors (Lipinski definition) is 2. The Morgan fingerprint density at radius 2 is 2.00 bits per heavy atom. The van der Waals surface area contributed by atoms with Gasteiger partial charge in [0.15, 0.2) is 0 Å². The second-order valence-corrected chi connectivity index (χ2v) is 8.28. The smallest absolute Gasteiger partial charge is 0.315 e. The molecule has 0 aliphatic carbocycles. The lowest BCUT2D eigenvalue weighted by Gasteiger charge is -2.13. The highest BCUT2D eigenvalue weighted by Crippen LogP contribution is 2.25. The number of thiazole rings is 1. The summed E-state index contributed by atoms with van der Waals surface area (Å²) in [5.74, 6) is 0. The molecule has 2 N–H and O–H groups in total. The zero-order chi connectivity index (χ0) is 18.6. The van der Waals surface area contributed by atoms with E-state index >= 15 is 0 Å². The molecule has 0 saturated heterocycles. The molecule has 2 aromatic heterocycles. The van der Waals surface area contributed by atoms with E-state index in [2.05, 4.69) is 65.4 Å². The quantitative estimate of drug-likeness (QED) is 0.636. The molecule has 0 radical (unpaired) electrons. The number of carbonyl (C=O) groups is 1. The van der Waals surface area contributed by atoms with E-state index < -0.39 is 0 Å². The first kappa shape index (κ1) is 18.5. The molecule has 0 aliphatic heterocycles. The van der Waals surface area contributed by atoms with Gasteiger partial charge in [0.25, 0.3) is 0 Å². The Morgan fingerprint density at radius 3 is 2.77 bits per heavy atom. The fourth-order valence-corrected chi connectivity index (χ4v) is 3.66. The van der Waals surface area contributed by atoms with Gasteiger partial charge in [-0.2, -0.15) is 0 Å². The molecule has 2 heterocycles. The summed E-state index contributed by atoms with van der Waals surface area (Å²) in [5.41, 5.74) is 2.19. The van der Waals surface area contributed by atoms with Crippen LogP contribution in [0.2, 0.25) is 0 Å². The van der Waals surface area contributed by atoms with Crippen LogP contribution in [0.15, 0.2) is 41.9 Å². The Kier molecular flexibility index (Phi) is 5.61. The zero-order valence-electron chi connectivity index (χ0n) is 15.6. The highest BCUT2D eigenvalue weighted by molar-refractivity contribution is 7.09. The maximum Gasteiger partial charge on any atom is 0.315 e. The van der Waals surface area contributed by atoms with Gasteiger partial charge in [-0.15, -0.1) is 11.3 Å². The van der Waals surface area contributed by atoms with Gasteiger partial charge in [-0.3, -0.25) is 0 Å². The van der Waals surface area contributed by atoms with Gasteiger partial charge < -0.3 is 15.2 Å². The Labute approximate surface area is 158 Å². The van der Waals surface area contributed by atoms with Crippen LogP contribution < -0.4 is 10.6 Å². The van der Waals surface area contributed by atoms with Crippen molar-refractivity contribution in [3.63, 3.8) is 0 Å². The molecule has 2 amide bonds. The normalized spacial score (nSPS) is 11.7. The molecule has 0 unspecified atom stereocenters. The Bertz CT molecular complexity index is 875. The lowest BCUT2D eigenvalue weighted by atomic mass is 9.98. The first-order chi connectivity index (χ1) is 12.4. The van der Waals surface area contributed by atoms with Crippen LogP contribution >= 0.6 is 11.3 Å². The summed E-state index contributed by atoms with van der Waals surface area (Å²) in [5, 5.41) is 10.1. The number of fused-ring (bicyclic) bond motifs is 1. The van der Waals surface area contributed by atoms with Gasteiger partial charge in [-0.1, -0.05) is 39.0 Å². The fraction of sp³-hybridized carbons (Fsp3) is 0.400. The van der Waals surface area contributed by atoms with Crippen LogP contribution in [0.1, 0.15) is 37.9 Å². The number of carbonyl (C=O) groups excluding carboxylic acids is 1. The predicted octanol–water partition coefficient (Wildman–Crippen LogP) is 4.28. The van der Waals surface area contributed by atoms with Crippen LogP contribution in [0.3, 0.4) is 0 Å². The summed E-state index contributed by atoms with van der Waals surface area (Å²) in [6.45, 7) is 8.41. The summed E-state index contributed by atoms with van der Waals surface area (Å²) in [4.78, 5) is 16.5. The SMILES string of the molecule is CC(C)(C)c1nc(CNC(=O)NCCCn2ccc3ccccc32)cs1. The number of amides is 2. The third-order valence-corrected chi connectivity index (χ3v) is 5.48. The number of nitrogens with zero attached hydrogens (tertiary/aromatic N) is 2. The second-order valence-electron chi connectivity index (χ2n) is 7.42. The summed E-state index contributed by atoms with van der Waals surface area (Å²) in [6.07, 6.45) is 2.98. The molecule has 3 aromatic rings. The van der Waals surface area contributed by atoms with Crippen LogP contribution in [0.4, 0.5) is 4.79 Å². The van der Waals surface area contributed by atoms with Crippen molar-refractivity contribution in [1.29, 1.82) is 0 Å². The van der Waals surface area contributed by atoms with Crippen LogP contribution in [0, 0.1) is 0 Å². The second kappa shape index (κ2) is 7.91. The minimum absolute atomic E-state index is 0.0494. The molecule has 0 atom stereocenters. The minimum Gasteiger partial charge on any atom is -0.347 e. The molecule has 26 heavy (non-hydrogen) atoms. The topological polar surface area (TPSA) is 59.0 Å². The molecule has 5 nitrogen and oxygen atoms in total. The predicted molar refractivity (Wildman–Crippen MR) is 108 cm³/mol. The van der Waals surface area contributed by atoms with E-state index in [1.807, 2.05) is 17.5 Å². The van der Waals surface area contributed by atoms with Gasteiger partial charge in [0.05, 0.1) is 17.2 Å². The van der Waals surface area contributed by atoms with Gasteiger partial charge in [-0.05, 0) is 23.9 Å². The lowest BCUT2D eigenvalue weighted by Crippen LogP contribution is -2.35. The molecule has 6 heteroatoms. The Balaban J connectivity index is 1.38. The van der Waals surface area contributed by atoms with Crippen molar-refractivity contribution in [2.45, 2.75) is 45.7 Å². The summed E-state index contributed by atoms with van der Waals surface area (Å²) < 4.78 is 2.22. The number of nitrogens with one attached hydrogen (secondary N) is 2. The van der Waals surface area contributed by atoms with Crippen molar-refractivity contribution in [3.05, 3.63) is 52.6 Å². The van der Waals surface area contributed by atoms with Gasteiger partial charge in [0.1, 0.15) is 0 Å². The fourth-order valence-electron chi connectivity index (χ4n) is 2.75. The van der Waals surface area contributed by atoms with Crippen molar-refractivity contribution >= 4 is 28.3 Å². The van der Waals surface area contributed by atoms with Gasteiger partial charge in [0, 0.05) is 35.6 Å². The van der Waals surface area contributed by atoms with Crippen molar-refractivity contribution < 1.29 is 4.79 Å². The van der Waals surface area contributed by atoms with E-state index in [0.29, 0.717) is 13.1 Å². The molecule has 3 rings (SSSR count). The highest BCUT2D eigenvalue weighted by atomic mass is 32.1. The number of hydrogen-bond acceptors (Lipinski definition) is 3. The van der Waals surface area contributed by atoms with Crippen LogP contribution in [0.5, 0.6) is 0 Å². The van der Waals surface area contributed by atoms with Gasteiger partial charge in [-0.25, -0.2) is 9.78 Å². The Morgan fingerprint density at radius 1 is 1.19 bits per heavy atom. The summed E-state index contributed by atoms with van der Waals surface area (Å²) in [7, 11) is 0. The largest absolute Gasteiger partial charge is 0.347 e. The molecular weight excluding hydrogens is 344 g/mol. The summed E-state index contributed by atoms with van der Waals surface area (Å²) >= 11 is 1.64. The maximum absolute atomic E-state index is 11.9. The first-order valence-electron chi connectivity index (χ1n) is 8.94. The number of rotatable bonds is 6. The standard InChI is InChI=1S/C20H26N4OS/c1-20(2,3)18-23-16(14-26-18)13-22-19(25)21-10-6-11-24-12-9-15-7-4-5-8-17(15)24/h4-5,7-9,12,14H,6,10-11,13H2,1-3H3,(H2,21,22,25). The highest BCUT2D eigenvalue weighted by Gasteiger charge is 2.17. The molecule has 0 fully saturated rings. The van der Waals surface area contributed by atoms with E-state index in [0.717, 1.165) is 23.7 Å². The van der Waals surface area contributed by atoms with E-state index in [9.17, 15) is 4.79 Å². The van der Waals surface area contributed by atoms with E-state index in [-0.39, 0.29) is 11.4 Å². The van der Waals surface area contributed by atoms with Crippen molar-refractivity contribution in [2.24, 2.45) is 0 Å². The van der Waals surface area contributed by atoms with E-state index in [1.165, 1.54) is 10.9 Å². The monoisotopic (exact) mass is 370 g/mol. The Hall–Kier alpha value is -2.34. The average molecular weight is 371 g/mol. The third-order valence-electron chi connectivity index (χ3n) is 4.16. The number of aromatic nitrogens is 2. The number of aryl methyl sites for hydroxylation is 1. The molecule has 0 bridgehead atoms. The van der Waals surface area contributed by atoms with E-state index in [4.69, 9.17) is 0 Å². The molecule has 0 spiro atoms. The molecule has 1 aromatic carbocycles. The molecule has 0 aliphatic rings. The minimum atomic E-state index is -0.146. The van der Waals surface area contributed by atoms with Gasteiger partial charge in [0.2, 0.25) is 0 Å². The van der Waals surface area contributed by atoms with E-state index in [1.54, 1.807) is 11.3 Å².